The van der Waals surface area contributed by atoms with Crippen LogP contribution in [0.4, 0.5) is 0 Å². The Kier molecular flexibility index (Phi) is 7.96. The molecule has 1 aromatic carbocycles. The highest BCUT2D eigenvalue weighted by molar-refractivity contribution is 8.00. The third-order valence-corrected chi connectivity index (χ3v) is 4.74. The van der Waals surface area contributed by atoms with Gasteiger partial charge in [-0.3, -0.25) is 0 Å². The van der Waals surface area contributed by atoms with Gasteiger partial charge in [0, 0.05) is 17.0 Å². The smallest absolute Gasteiger partial charge is 0.0210 e. The molecular weight excluding hydrogens is 270 g/mol. The maximum atomic E-state index is 3.51. The van der Waals surface area contributed by atoms with Crippen molar-refractivity contribution in [1.82, 2.24) is 5.32 Å². The number of benzene rings is 1. The molecule has 1 nitrogen and oxygen atoms in total. The minimum Gasteiger partial charge on any atom is -0.308 e. The molecule has 0 fully saturated rings. The van der Waals surface area contributed by atoms with Crippen LogP contribution in [0.25, 0.3) is 0 Å². The first-order valence-electron chi connectivity index (χ1n) is 7.06. The summed E-state index contributed by atoms with van der Waals surface area (Å²) in [5.74, 6) is 3.75. The van der Waals surface area contributed by atoms with Crippen molar-refractivity contribution < 1.29 is 0 Å². The zero-order chi connectivity index (χ0) is 14.1. The largest absolute Gasteiger partial charge is 0.308 e. The summed E-state index contributed by atoms with van der Waals surface area (Å²) in [7, 11) is 0. The molecule has 19 heavy (non-hydrogen) atoms. The molecule has 0 amide bonds. The van der Waals surface area contributed by atoms with E-state index in [2.05, 4.69) is 57.3 Å². The molecule has 0 unspecified atom stereocenters. The second kappa shape index (κ2) is 8.93. The summed E-state index contributed by atoms with van der Waals surface area (Å²) < 4.78 is 0. The fourth-order valence-corrected chi connectivity index (χ4v) is 3.24. The van der Waals surface area contributed by atoms with Gasteiger partial charge in [0.05, 0.1) is 0 Å². The van der Waals surface area contributed by atoms with Gasteiger partial charge in [-0.1, -0.05) is 19.1 Å². The fraction of sp³-hybridized carbons (Fsp3) is 0.625. The molecule has 0 aliphatic carbocycles. The molecule has 0 saturated heterocycles. The number of thioether (sulfide) groups is 2. The highest BCUT2D eigenvalue weighted by Gasteiger charge is 2.07. The van der Waals surface area contributed by atoms with Crippen molar-refractivity contribution in [3.05, 3.63) is 29.8 Å². The average Bonchev–Trinajstić information content (AvgIpc) is 2.37. The molecule has 0 aromatic heterocycles. The van der Waals surface area contributed by atoms with Gasteiger partial charge < -0.3 is 5.32 Å². The lowest BCUT2D eigenvalue weighted by Gasteiger charge is -2.20. The van der Waals surface area contributed by atoms with Gasteiger partial charge in [0.15, 0.2) is 0 Å². The van der Waals surface area contributed by atoms with E-state index in [9.17, 15) is 0 Å². The standard InChI is InChI=1S/C16H27NS2/c1-5-18-11-6-12-19-15-9-7-14(8-10-15)13-17-16(2,3)4/h7-10,17H,5-6,11-13H2,1-4H3. The molecule has 3 heteroatoms. The van der Waals surface area contributed by atoms with E-state index in [0.717, 1.165) is 6.54 Å². The summed E-state index contributed by atoms with van der Waals surface area (Å²) in [4.78, 5) is 1.39. The van der Waals surface area contributed by atoms with E-state index < -0.39 is 0 Å². The summed E-state index contributed by atoms with van der Waals surface area (Å²) in [5.41, 5.74) is 1.55. The van der Waals surface area contributed by atoms with Crippen molar-refractivity contribution in [3.8, 4) is 0 Å². The fourth-order valence-electron chi connectivity index (χ4n) is 1.57. The molecule has 0 spiro atoms. The minimum absolute atomic E-state index is 0.185. The van der Waals surface area contributed by atoms with Gasteiger partial charge in [0.2, 0.25) is 0 Å². The van der Waals surface area contributed by atoms with Crippen molar-refractivity contribution >= 4 is 23.5 Å². The van der Waals surface area contributed by atoms with Gasteiger partial charge in [0.1, 0.15) is 0 Å². The van der Waals surface area contributed by atoms with Crippen molar-refractivity contribution in [1.29, 1.82) is 0 Å². The van der Waals surface area contributed by atoms with Crippen LogP contribution in [-0.2, 0) is 6.54 Å². The Morgan fingerprint density at radius 1 is 1.05 bits per heavy atom. The van der Waals surface area contributed by atoms with E-state index in [1.165, 1.54) is 34.1 Å². The third-order valence-electron chi connectivity index (χ3n) is 2.65. The Morgan fingerprint density at radius 2 is 1.74 bits per heavy atom. The molecule has 1 aromatic rings. The second-order valence-corrected chi connectivity index (χ2v) is 8.21. The van der Waals surface area contributed by atoms with Gasteiger partial charge in [-0.15, -0.1) is 11.8 Å². The second-order valence-electron chi connectivity index (χ2n) is 5.65. The molecule has 0 atom stereocenters. The molecule has 1 N–H and O–H groups in total. The predicted molar refractivity (Wildman–Crippen MR) is 91.4 cm³/mol. The van der Waals surface area contributed by atoms with E-state index >= 15 is 0 Å². The summed E-state index contributed by atoms with van der Waals surface area (Å²) in [6.45, 7) is 9.77. The van der Waals surface area contributed by atoms with Crippen LogP contribution in [0.5, 0.6) is 0 Å². The van der Waals surface area contributed by atoms with Crippen LogP contribution in [0.3, 0.4) is 0 Å². The van der Waals surface area contributed by atoms with Crippen LogP contribution in [-0.4, -0.2) is 22.8 Å². The van der Waals surface area contributed by atoms with Crippen molar-refractivity contribution in [3.63, 3.8) is 0 Å². The summed E-state index contributed by atoms with van der Waals surface area (Å²) in [5, 5.41) is 3.51. The molecule has 0 saturated carbocycles. The SMILES string of the molecule is CCSCCCSc1ccc(CNC(C)(C)C)cc1. The zero-order valence-corrected chi connectivity index (χ0v) is 14.3. The summed E-state index contributed by atoms with van der Waals surface area (Å²) in [6, 6.07) is 8.97. The Morgan fingerprint density at radius 3 is 2.32 bits per heavy atom. The van der Waals surface area contributed by atoms with Crippen LogP contribution in [0.15, 0.2) is 29.2 Å². The lowest BCUT2D eigenvalue weighted by atomic mass is 10.1. The highest BCUT2D eigenvalue weighted by Crippen LogP contribution is 2.20. The number of rotatable bonds is 8. The quantitative estimate of drug-likeness (QED) is 0.546. The van der Waals surface area contributed by atoms with Crippen LogP contribution < -0.4 is 5.32 Å². The van der Waals surface area contributed by atoms with Crippen LogP contribution >= 0.6 is 23.5 Å². The van der Waals surface area contributed by atoms with Crippen LogP contribution in [0.2, 0.25) is 0 Å². The first-order valence-corrected chi connectivity index (χ1v) is 9.20. The molecular formula is C16H27NS2. The summed E-state index contributed by atoms with van der Waals surface area (Å²) >= 11 is 4.00. The normalized spacial score (nSPS) is 11.8. The third kappa shape index (κ3) is 8.61. The Hall–Kier alpha value is -0.120. The summed E-state index contributed by atoms with van der Waals surface area (Å²) in [6.07, 6.45) is 1.30. The molecule has 0 bridgehead atoms. The van der Waals surface area contributed by atoms with Crippen LogP contribution in [0, 0.1) is 0 Å². The van der Waals surface area contributed by atoms with Gasteiger partial charge in [-0.2, -0.15) is 11.8 Å². The molecule has 0 heterocycles. The molecule has 0 aliphatic rings. The van der Waals surface area contributed by atoms with Crippen molar-refractivity contribution in [2.45, 2.75) is 51.1 Å². The maximum Gasteiger partial charge on any atom is 0.0210 e. The monoisotopic (exact) mass is 297 g/mol. The zero-order valence-electron chi connectivity index (χ0n) is 12.7. The van der Waals surface area contributed by atoms with E-state index in [1.807, 2.05) is 23.5 Å². The molecule has 1 rings (SSSR count). The van der Waals surface area contributed by atoms with E-state index in [4.69, 9.17) is 0 Å². The first-order chi connectivity index (χ1) is 9.01. The minimum atomic E-state index is 0.185. The molecule has 108 valence electrons. The van der Waals surface area contributed by atoms with Gasteiger partial charge >= 0.3 is 0 Å². The molecule has 0 aliphatic heterocycles. The maximum absolute atomic E-state index is 3.51. The highest BCUT2D eigenvalue weighted by atomic mass is 32.2. The molecule has 0 radical (unpaired) electrons. The predicted octanol–water partition coefficient (Wildman–Crippen LogP) is 4.81. The average molecular weight is 298 g/mol. The Balaban J connectivity index is 2.27. The Labute approximate surface area is 127 Å². The van der Waals surface area contributed by atoms with E-state index in [-0.39, 0.29) is 5.54 Å². The van der Waals surface area contributed by atoms with Gasteiger partial charge in [-0.25, -0.2) is 0 Å². The number of hydrogen-bond donors (Lipinski definition) is 1. The van der Waals surface area contributed by atoms with Gasteiger partial charge in [0.25, 0.3) is 0 Å². The van der Waals surface area contributed by atoms with Gasteiger partial charge in [-0.05, 0) is 62.1 Å². The van der Waals surface area contributed by atoms with Crippen molar-refractivity contribution in [2.24, 2.45) is 0 Å². The van der Waals surface area contributed by atoms with Crippen molar-refractivity contribution in [2.75, 3.05) is 17.3 Å². The Bertz CT molecular complexity index is 341. The lowest BCUT2D eigenvalue weighted by molar-refractivity contribution is 0.424. The van der Waals surface area contributed by atoms with E-state index in [0.29, 0.717) is 0 Å². The van der Waals surface area contributed by atoms with Crippen LogP contribution in [0.1, 0.15) is 39.7 Å². The lowest BCUT2D eigenvalue weighted by Crippen LogP contribution is -2.35. The first kappa shape index (κ1) is 16.9. The van der Waals surface area contributed by atoms with E-state index in [1.54, 1.807) is 0 Å². The number of nitrogens with one attached hydrogen (secondary N) is 1. The topological polar surface area (TPSA) is 12.0 Å². The number of hydrogen-bond acceptors (Lipinski definition) is 3.